The maximum atomic E-state index is 5.40. The Kier molecular flexibility index (Phi) is 1.76. The van der Waals surface area contributed by atoms with E-state index in [1.807, 2.05) is 19.9 Å². The fraction of sp³-hybridized carbons (Fsp3) is 0.286. The third kappa shape index (κ3) is 1.19. The summed E-state index contributed by atoms with van der Waals surface area (Å²) in [7, 11) is 0. The standard InChI is InChI=1S/C7H9NOS/c1-4-3-6(7(8)10)5(2)9-4/h3H,1-2H3,(H2,8,10). The minimum absolute atomic E-state index is 0.398. The van der Waals surface area contributed by atoms with Gasteiger partial charge in [-0.1, -0.05) is 12.2 Å². The van der Waals surface area contributed by atoms with Gasteiger partial charge in [0.2, 0.25) is 0 Å². The number of rotatable bonds is 1. The quantitative estimate of drug-likeness (QED) is 0.625. The predicted octanol–water partition coefficient (Wildman–Crippen LogP) is 1.53. The lowest BCUT2D eigenvalue weighted by atomic mass is 10.2. The molecule has 0 aliphatic carbocycles. The molecule has 0 amide bonds. The van der Waals surface area contributed by atoms with E-state index in [1.165, 1.54) is 0 Å². The van der Waals surface area contributed by atoms with Crippen LogP contribution in [0.4, 0.5) is 0 Å². The average molecular weight is 155 g/mol. The molecule has 0 saturated heterocycles. The number of nitrogens with two attached hydrogens (primary N) is 1. The molecule has 0 fully saturated rings. The number of furan rings is 1. The Morgan fingerprint density at radius 1 is 1.60 bits per heavy atom. The number of thiocarbonyl (C=S) groups is 1. The zero-order valence-electron chi connectivity index (χ0n) is 5.97. The molecule has 3 heteroatoms. The van der Waals surface area contributed by atoms with E-state index in [0.29, 0.717) is 4.99 Å². The second kappa shape index (κ2) is 2.42. The molecule has 0 bridgehead atoms. The van der Waals surface area contributed by atoms with Crippen LogP contribution in [0.1, 0.15) is 17.1 Å². The van der Waals surface area contributed by atoms with Gasteiger partial charge in [-0.3, -0.25) is 0 Å². The first-order chi connectivity index (χ1) is 4.61. The van der Waals surface area contributed by atoms with E-state index in [1.54, 1.807) is 0 Å². The Labute approximate surface area is 65.0 Å². The van der Waals surface area contributed by atoms with Crippen molar-refractivity contribution in [3.63, 3.8) is 0 Å². The summed E-state index contributed by atoms with van der Waals surface area (Å²) in [5.41, 5.74) is 6.24. The number of aryl methyl sites for hydroxylation is 2. The van der Waals surface area contributed by atoms with Gasteiger partial charge in [0.05, 0.1) is 5.56 Å². The number of hydrogen-bond donors (Lipinski definition) is 1. The van der Waals surface area contributed by atoms with Crippen molar-refractivity contribution < 1.29 is 4.42 Å². The van der Waals surface area contributed by atoms with Gasteiger partial charge < -0.3 is 10.2 Å². The van der Waals surface area contributed by atoms with Gasteiger partial charge in [0.25, 0.3) is 0 Å². The third-order valence-corrected chi connectivity index (χ3v) is 1.53. The Balaban J connectivity index is 3.15. The van der Waals surface area contributed by atoms with Crippen molar-refractivity contribution in [2.24, 2.45) is 5.73 Å². The van der Waals surface area contributed by atoms with E-state index < -0.39 is 0 Å². The van der Waals surface area contributed by atoms with Gasteiger partial charge in [0.1, 0.15) is 16.5 Å². The molecule has 2 N–H and O–H groups in total. The molecule has 1 aromatic rings. The molecule has 0 unspecified atom stereocenters. The molecular formula is C7H9NOS. The van der Waals surface area contributed by atoms with Crippen LogP contribution in [-0.4, -0.2) is 4.99 Å². The SMILES string of the molecule is Cc1cc(C(N)=S)c(C)o1. The first-order valence-electron chi connectivity index (χ1n) is 2.98. The molecule has 0 radical (unpaired) electrons. The van der Waals surface area contributed by atoms with E-state index >= 15 is 0 Å². The smallest absolute Gasteiger partial charge is 0.111 e. The molecular weight excluding hydrogens is 146 g/mol. The van der Waals surface area contributed by atoms with Crippen LogP contribution >= 0.6 is 12.2 Å². The highest BCUT2D eigenvalue weighted by atomic mass is 32.1. The van der Waals surface area contributed by atoms with Crippen LogP contribution in [0, 0.1) is 13.8 Å². The molecule has 54 valence electrons. The first-order valence-corrected chi connectivity index (χ1v) is 3.39. The lowest BCUT2D eigenvalue weighted by Crippen LogP contribution is -2.09. The lowest BCUT2D eigenvalue weighted by Gasteiger charge is -1.90. The molecule has 0 aromatic carbocycles. The molecule has 1 aromatic heterocycles. The Hall–Kier alpha value is -0.830. The van der Waals surface area contributed by atoms with Gasteiger partial charge in [-0.05, 0) is 19.9 Å². The molecule has 0 saturated carbocycles. The highest BCUT2D eigenvalue weighted by Crippen LogP contribution is 2.12. The summed E-state index contributed by atoms with van der Waals surface area (Å²) in [6.07, 6.45) is 0. The van der Waals surface area contributed by atoms with Gasteiger partial charge in [0.15, 0.2) is 0 Å². The van der Waals surface area contributed by atoms with Crippen molar-refractivity contribution in [3.8, 4) is 0 Å². The fourth-order valence-corrected chi connectivity index (χ4v) is 1.08. The molecule has 1 rings (SSSR count). The highest BCUT2D eigenvalue weighted by Gasteiger charge is 2.05. The van der Waals surface area contributed by atoms with Gasteiger partial charge >= 0.3 is 0 Å². The summed E-state index contributed by atoms with van der Waals surface area (Å²) in [6, 6.07) is 1.84. The van der Waals surface area contributed by atoms with E-state index in [2.05, 4.69) is 0 Å². The monoisotopic (exact) mass is 155 g/mol. The molecule has 0 atom stereocenters. The highest BCUT2D eigenvalue weighted by molar-refractivity contribution is 7.80. The minimum atomic E-state index is 0.398. The topological polar surface area (TPSA) is 39.2 Å². The summed E-state index contributed by atoms with van der Waals surface area (Å²) in [6.45, 7) is 3.72. The zero-order chi connectivity index (χ0) is 7.72. The van der Waals surface area contributed by atoms with Gasteiger partial charge in [-0.25, -0.2) is 0 Å². The van der Waals surface area contributed by atoms with E-state index in [9.17, 15) is 0 Å². The number of hydrogen-bond acceptors (Lipinski definition) is 2. The van der Waals surface area contributed by atoms with Crippen LogP contribution in [0.25, 0.3) is 0 Å². The van der Waals surface area contributed by atoms with Crippen molar-refractivity contribution in [2.75, 3.05) is 0 Å². The van der Waals surface area contributed by atoms with Gasteiger partial charge in [-0.15, -0.1) is 0 Å². The molecule has 1 heterocycles. The van der Waals surface area contributed by atoms with E-state index in [4.69, 9.17) is 22.4 Å². The van der Waals surface area contributed by atoms with Crippen molar-refractivity contribution in [1.29, 1.82) is 0 Å². The summed E-state index contributed by atoms with van der Waals surface area (Å²) in [5, 5.41) is 0. The molecule has 0 spiro atoms. The molecule has 0 aliphatic rings. The van der Waals surface area contributed by atoms with Crippen molar-refractivity contribution in [2.45, 2.75) is 13.8 Å². The largest absolute Gasteiger partial charge is 0.466 e. The maximum Gasteiger partial charge on any atom is 0.111 e. The van der Waals surface area contributed by atoms with Crippen LogP contribution in [-0.2, 0) is 0 Å². The normalized spacial score (nSPS) is 9.80. The van der Waals surface area contributed by atoms with Crippen LogP contribution in [0.5, 0.6) is 0 Å². The van der Waals surface area contributed by atoms with Crippen LogP contribution in [0.3, 0.4) is 0 Å². The molecule has 2 nitrogen and oxygen atoms in total. The second-order valence-electron chi connectivity index (χ2n) is 2.19. The Bertz CT molecular complexity index is 265. The minimum Gasteiger partial charge on any atom is -0.466 e. The first kappa shape index (κ1) is 7.28. The summed E-state index contributed by atoms with van der Waals surface area (Å²) < 4.78 is 5.21. The van der Waals surface area contributed by atoms with E-state index in [0.717, 1.165) is 17.1 Å². The van der Waals surface area contributed by atoms with Crippen molar-refractivity contribution in [3.05, 3.63) is 23.2 Å². The van der Waals surface area contributed by atoms with Crippen LogP contribution < -0.4 is 5.73 Å². The Morgan fingerprint density at radius 3 is 2.40 bits per heavy atom. The second-order valence-corrected chi connectivity index (χ2v) is 2.63. The van der Waals surface area contributed by atoms with Crippen molar-refractivity contribution >= 4 is 17.2 Å². The van der Waals surface area contributed by atoms with Gasteiger partial charge in [-0.2, -0.15) is 0 Å². The zero-order valence-corrected chi connectivity index (χ0v) is 6.79. The average Bonchev–Trinajstić information content (AvgIpc) is 2.10. The van der Waals surface area contributed by atoms with E-state index in [-0.39, 0.29) is 0 Å². The van der Waals surface area contributed by atoms with Gasteiger partial charge in [0, 0.05) is 0 Å². The lowest BCUT2D eigenvalue weighted by molar-refractivity contribution is 0.504. The summed E-state index contributed by atoms with van der Waals surface area (Å²) in [4.78, 5) is 0.398. The summed E-state index contributed by atoms with van der Waals surface area (Å²) in [5.74, 6) is 1.64. The Morgan fingerprint density at radius 2 is 2.20 bits per heavy atom. The fourth-order valence-electron chi connectivity index (χ4n) is 0.875. The predicted molar refractivity (Wildman–Crippen MR) is 44.1 cm³/mol. The van der Waals surface area contributed by atoms with Crippen molar-refractivity contribution in [1.82, 2.24) is 0 Å². The van der Waals surface area contributed by atoms with Crippen LogP contribution in [0.15, 0.2) is 10.5 Å². The maximum absolute atomic E-state index is 5.40. The molecule has 10 heavy (non-hydrogen) atoms. The summed E-state index contributed by atoms with van der Waals surface area (Å²) >= 11 is 4.78. The van der Waals surface area contributed by atoms with Crippen LogP contribution in [0.2, 0.25) is 0 Å². The third-order valence-electron chi connectivity index (χ3n) is 1.31. The molecule has 0 aliphatic heterocycles.